The van der Waals surface area contributed by atoms with Crippen LogP contribution in [0, 0.1) is 5.92 Å². The van der Waals surface area contributed by atoms with Gasteiger partial charge in [0.15, 0.2) is 0 Å². The minimum absolute atomic E-state index is 0.197. The molecule has 0 radical (unpaired) electrons. The molecule has 0 unspecified atom stereocenters. The van der Waals surface area contributed by atoms with Gasteiger partial charge in [0.1, 0.15) is 0 Å². The summed E-state index contributed by atoms with van der Waals surface area (Å²) in [6.45, 7) is 2.85. The largest absolute Gasteiger partial charge is 0.353 e. The summed E-state index contributed by atoms with van der Waals surface area (Å²) in [4.78, 5) is 14.7. The smallest absolute Gasteiger partial charge is 0.223 e. The lowest BCUT2D eigenvalue weighted by atomic mass is 9.95. The first kappa shape index (κ1) is 15.8. The van der Waals surface area contributed by atoms with Crippen LogP contribution in [0.5, 0.6) is 0 Å². The van der Waals surface area contributed by atoms with Crippen molar-refractivity contribution in [2.45, 2.75) is 51.1 Å². The highest BCUT2D eigenvalue weighted by Gasteiger charge is 2.27. The van der Waals surface area contributed by atoms with Gasteiger partial charge in [0.05, 0.1) is 0 Å². The standard InChI is InChI=1S/C18H25ClN2O/c19-17-8-4-1-5-15(17)13-21-11-9-14(10-12-21)18(22)20-16-6-2-3-7-16/h1,4-5,8,14,16H,2-3,6-7,9-13H2,(H,20,22). The number of carbonyl (C=O) groups is 1. The van der Waals surface area contributed by atoms with E-state index >= 15 is 0 Å². The summed E-state index contributed by atoms with van der Waals surface area (Å²) in [5, 5.41) is 4.08. The number of rotatable bonds is 4. The molecule has 1 aromatic carbocycles. The Kier molecular flexibility index (Phi) is 5.37. The Bertz CT molecular complexity index is 506. The summed E-state index contributed by atoms with van der Waals surface area (Å²) >= 11 is 6.23. The third-order valence-electron chi connectivity index (χ3n) is 5.01. The zero-order chi connectivity index (χ0) is 15.4. The van der Waals surface area contributed by atoms with E-state index in [0.29, 0.717) is 6.04 Å². The van der Waals surface area contributed by atoms with Gasteiger partial charge in [-0.2, -0.15) is 0 Å². The molecule has 2 aliphatic rings. The topological polar surface area (TPSA) is 32.3 Å². The van der Waals surface area contributed by atoms with Gasteiger partial charge >= 0.3 is 0 Å². The molecular formula is C18H25ClN2O. The van der Waals surface area contributed by atoms with Gasteiger partial charge in [-0.3, -0.25) is 9.69 Å². The molecule has 1 saturated heterocycles. The van der Waals surface area contributed by atoms with E-state index in [1.54, 1.807) is 0 Å². The van der Waals surface area contributed by atoms with Crippen molar-refractivity contribution in [2.24, 2.45) is 5.92 Å². The molecule has 1 N–H and O–H groups in total. The first-order valence-corrected chi connectivity index (χ1v) is 8.86. The molecule has 1 aliphatic heterocycles. The van der Waals surface area contributed by atoms with Crippen LogP contribution in [0.4, 0.5) is 0 Å². The van der Waals surface area contributed by atoms with Gasteiger partial charge in [-0.05, 0) is 50.4 Å². The molecule has 0 aromatic heterocycles. The minimum atomic E-state index is 0.197. The maximum absolute atomic E-state index is 12.3. The first-order chi connectivity index (χ1) is 10.7. The monoisotopic (exact) mass is 320 g/mol. The number of carbonyl (C=O) groups excluding carboxylic acids is 1. The molecular weight excluding hydrogens is 296 g/mol. The predicted molar refractivity (Wildman–Crippen MR) is 89.9 cm³/mol. The molecule has 0 bridgehead atoms. The molecule has 0 atom stereocenters. The van der Waals surface area contributed by atoms with Crippen molar-refractivity contribution in [3.05, 3.63) is 34.9 Å². The van der Waals surface area contributed by atoms with Crippen molar-refractivity contribution < 1.29 is 4.79 Å². The lowest BCUT2D eigenvalue weighted by Gasteiger charge is -2.32. The second-order valence-corrected chi connectivity index (χ2v) is 7.04. The van der Waals surface area contributed by atoms with Crippen molar-refractivity contribution >= 4 is 17.5 Å². The number of piperidine rings is 1. The fourth-order valence-corrected chi connectivity index (χ4v) is 3.81. The van der Waals surface area contributed by atoms with E-state index in [0.717, 1.165) is 50.3 Å². The highest BCUT2D eigenvalue weighted by atomic mass is 35.5. The summed E-state index contributed by atoms with van der Waals surface area (Å²) in [5.41, 5.74) is 1.18. The third-order valence-corrected chi connectivity index (χ3v) is 5.38. The maximum Gasteiger partial charge on any atom is 0.223 e. The van der Waals surface area contributed by atoms with Crippen LogP contribution < -0.4 is 5.32 Å². The molecule has 4 heteroatoms. The van der Waals surface area contributed by atoms with Crippen LogP contribution >= 0.6 is 11.6 Å². The van der Waals surface area contributed by atoms with Crippen LogP contribution in [0.25, 0.3) is 0 Å². The average molecular weight is 321 g/mol. The Morgan fingerprint density at radius 2 is 1.82 bits per heavy atom. The zero-order valence-corrected chi connectivity index (χ0v) is 13.8. The summed E-state index contributed by atoms with van der Waals surface area (Å²) in [6, 6.07) is 8.46. The zero-order valence-electron chi connectivity index (χ0n) is 13.1. The van der Waals surface area contributed by atoms with Crippen LogP contribution in [-0.2, 0) is 11.3 Å². The van der Waals surface area contributed by atoms with Crippen LogP contribution in [-0.4, -0.2) is 29.9 Å². The number of hydrogen-bond donors (Lipinski definition) is 1. The number of nitrogens with one attached hydrogen (secondary N) is 1. The first-order valence-electron chi connectivity index (χ1n) is 8.48. The molecule has 2 fully saturated rings. The summed E-state index contributed by atoms with van der Waals surface area (Å²) in [7, 11) is 0. The van der Waals surface area contributed by atoms with Crippen molar-refractivity contribution in [1.29, 1.82) is 0 Å². The fourth-order valence-electron chi connectivity index (χ4n) is 3.61. The quantitative estimate of drug-likeness (QED) is 0.919. The summed E-state index contributed by atoms with van der Waals surface area (Å²) in [6.07, 6.45) is 6.78. The molecule has 120 valence electrons. The van der Waals surface area contributed by atoms with E-state index in [-0.39, 0.29) is 11.8 Å². The lowest BCUT2D eigenvalue weighted by Crippen LogP contribution is -2.43. The van der Waals surface area contributed by atoms with Crippen molar-refractivity contribution in [3.8, 4) is 0 Å². The van der Waals surface area contributed by atoms with Crippen molar-refractivity contribution in [2.75, 3.05) is 13.1 Å². The fraction of sp³-hybridized carbons (Fsp3) is 0.611. The van der Waals surface area contributed by atoms with E-state index in [1.807, 2.05) is 18.2 Å². The van der Waals surface area contributed by atoms with Gasteiger partial charge in [0.2, 0.25) is 5.91 Å². The van der Waals surface area contributed by atoms with E-state index in [4.69, 9.17) is 11.6 Å². The predicted octanol–water partition coefficient (Wildman–Crippen LogP) is 3.61. The van der Waals surface area contributed by atoms with E-state index in [9.17, 15) is 4.79 Å². The third kappa shape index (κ3) is 4.02. The Balaban J connectivity index is 1.45. The van der Waals surface area contributed by atoms with Crippen LogP contribution in [0.2, 0.25) is 5.02 Å². The van der Waals surface area contributed by atoms with E-state index in [1.165, 1.54) is 18.4 Å². The number of hydrogen-bond acceptors (Lipinski definition) is 2. The molecule has 22 heavy (non-hydrogen) atoms. The maximum atomic E-state index is 12.3. The molecule has 1 aliphatic carbocycles. The Morgan fingerprint density at radius 3 is 2.50 bits per heavy atom. The molecule has 3 rings (SSSR count). The number of amides is 1. The minimum Gasteiger partial charge on any atom is -0.353 e. The highest BCUT2D eigenvalue weighted by Crippen LogP contribution is 2.24. The normalized spacial score (nSPS) is 21.1. The molecule has 1 saturated carbocycles. The van der Waals surface area contributed by atoms with Crippen molar-refractivity contribution in [1.82, 2.24) is 10.2 Å². The highest BCUT2D eigenvalue weighted by molar-refractivity contribution is 6.31. The average Bonchev–Trinajstić information content (AvgIpc) is 3.03. The Labute approximate surface area is 138 Å². The summed E-state index contributed by atoms with van der Waals surface area (Å²) in [5.74, 6) is 0.479. The molecule has 0 spiro atoms. The SMILES string of the molecule is O=C(NC1CCCC1)C1CCN(Cc2ccccc2Cl)CC1. The number of nitrogens with zero attached hydrogens (tertiary/aromatic N) is 1. The van der Waals surface area contributed by atoms with Crippen LogP contribution in [0.3, 0.4) is 0 Å². The number of benzene rings is 1. The van der Waals surface area contributed by atoms with Crippen LogP contribution in [0.1, 0.15) is 44.1 Å². The van der Waals surface area contributed by atoms with Gasteiger partial charge in [0.25, 0.3) is 0 Å². The number of likely N-dealkylation sites (tertiary alicyclic amines) is 1. The molecule has 3 nitrogen and oxygen atoms in total. The lowest BCUT2D eigenvalue weighted by molar-refractivity contribution is -0.127. The van der Waals surface area contributed by atoms with Gasteiger partial charge in [-0.15, -0.1) is 0 Å². The Hall–Kier alpha value is -1.06. The molecule has 1 amide bonds. The molecule has 1 heterocycles. The van der Waals surface area contributed by atoms with E-state index in [2.05, 4.69) is 16.3 Å². The van der Waals surface area contributed by atoms with Crippen LogP contribution in [0.15, 0.2) is 24.3 Å². The van der Waals surface area contributed by atoms with Crippen molar-refractivity contribution in [3.63, 3.8) is 0 Å². The van der Waals surface area contributed by atoms with Gasteiger partial charge in [-0.25, -0.2) is 0 Å². The van der Waals surface area contributed by atoms with E-state index < -0.39 is 0 Å². The summed E-state index contributed by atoms with van der Waals surface area (Å²) < 4.78 is 0. The van der Waals surface area contributed by atoms with Gasteiger partial charge in [0, 0.05) is 23.5 Å². The Morgan fingerprint density at radius 1 is 1.14 bits per heavy atom. The second kappa shape index (κ2) is 7.47. The van der Waals surface area contributed by atoms with Gasteiger partial charge in [-0.1, -0.05) is 42.6 Å². The number of halogens is 1. The second-order valence-electron chi connectivity index (χ2n) is 6.63. The van der Waals surface area contributed by atoms with Gasteiger partial charge < -0.3 is 5.32 Å². The molecule has 1 aromatic rings.